The summed E-state index contributed by atoms with van der Waals surface area (Å²) in [5.41, 5.74) is 0. The Balaban J connectivity index is 3.13. The second kappa shape index (κ2) is 17.3. The predicted molar refractivity (Wildman–Crippen MR) is 105 cm³/mol. The zero-order chi connectivity index (χ0) is 18.0. The maximum atomic E-state index is 11.5. The standard InChI is InChI=1S/C22H44O2/c1-20(2)16-13-11-9-7-5-6-8-10-12-14-19-24-22(23)18-15-17-21(3)4/h20-21H,5-19H2,1-4H3. The van der Waals surface area contributed by atoms with Gasteiger partial charge >= 0.3 is 5.97 Å². The molecule has 0 atom stereocenters. The van der Waals surface area contributed by atoms with Gasteiger partial charge in [-0.1, -0.05) is 98.3 Å². The molecule has 0 N–H and O–H groups in total. The van der Waals surface area contributed by atoms with E-state index in [1.165, 1.54) is 64.2 Å². The monoisotopic (exact) mass is 340 g/mol. The van der Waals surface area contributed by atoms with Crippen LogP contribution in [0.3, 0.4) is 0 Å². The van der Waals surface area contributed by atoms with Crippen molar-refractivity contribution in [3.05, 3.63) is 0 Å². The van der Waals surface area contributed by atoms with E-state index in [1.807, 2.05) is 0 Å². The van der Waals surface area contributed by atoms with Crippen molar-refractivity contribution in [2.45, 2.75) is 118 Å². The van der Waals surface area contributed by atoms with Gasteiger partial charge in [0.05, 0.1) is 6.61 Å². The lowest BCUT2D eigenvalue weighted by molar-refractivity contribution is -0.143. The Morgan fingerprint density at radius 3 is 1.54 bits per heavy atom. The van der Waals surface area contributed by atoms with Crippen LogP contribution in [0.5, 0.6) is 0 Å². The van der Waals surface area contributed by atoms with Crippen molar-refractivity contribution in [2.75, 3.05) is 6.61 Å². The molecule has 0 saturated heterocycles. The third-order valence-electron chi connectivity index (χ3n) is 4.60. The maximum Gasteiger partial charge on any atom is 0.305 e. The van der Waals surface area contributed by atoms with Gasteiger partial charge in [-0.05, 0) is 24.7 Å². The fourth-order valence-electron chi connectivity index (χ4n) is 2.98. The molecule has 144 valence electrons. The molecule has 24 heavy (non-hydrogen) atoms. The van der Waals surface area contributed by atoms with Gasteiger partial charge in [0.15, 0.2) is 0 Å². The number of unbranched alkanes of at least 4 members (excludes halogenated alkanes) is 9. The molecule has 0 saturated carbocycles. The molecule has 0 spiro atoms. The van der Waals surface area contributed by atoms with Gasteiger partial charge in [-0.3, -0.25) is 4.79 Å². The van der Waals surface area contributed by atoms with Crippen LogP contribution < -0.4 is 0 Å². The summed E-state index contributed by atoms with van der Waals surface area (Å²) in [6.07, 6.45) is 17.4. The van der Waals surface area contributed by atoms with Crippen LogP contribution in [0.15, 0.2) is 0 Å². The molecule has 0 heterocycles. The number of hydrogen-bond acceptors (Lipinski definition) is 2. The first-order valence-corrected chi connectivity index (χ1v) is 10.7. The van der Waals surface area contributed by atoms with Gasteiger partial charge < -0.3 is 4.74 Å². The summed E-state index contributed by atoms with van der Waals surface area (Å²) in [7, 11) is 0. The van der Waals surface area contributed by atoms with Gasteiger partial charge in [-0.2, -0.15) is 0 Å². The summed E-state index contributed by atoms with van der Waals surface area (Å²) in [5.74, 6) is 1.54. The molecular weight excluding hydrogens is 296 g/mol. The molecule has 0 unspecified atom stereocenters. The van der Waals surface area contributed by atoms with Crippen LogP contribution in [-0.4, -0.2) is 12.6 Å². The maximum absolute atomic E-state index is 11.5. The summed E-state index contributed by atoms with van der Waals surface area (Å²) in [6, 6.07) is 0. The second-order valence-electron chi connectivity index (χ2n) is 8.22. The molecule has 0 aliphatic rings. The highest BCUT2D eigenvalue weighted by molar-refractivity contribution is 5.69. The normalized spacial score (nSPS) is 11.4. The number of carbonyl (C=O) groups is 1. The van der Waals surface area contributed by atoms with Crippen molar-refractivity contribution in [1.82, 2.24) is 0 Å². The average Bonchev–Trinajstić information content (AvgIpc) is 2.51. The smallest absolute Gasteiger partial charge is 0.305 e. The molecular formula is C22H44O2. The van der Waals surface area contributed by atoms with Crippen molar-refractivity contribution < 1.29 is 9.53 Å². The van der Waals surface area contributed by atoms with Gasteiger partial charge in [0.2, 0.25) is 0 Å². The number of esters is 1. The van der Waals surface area contributed by atoms with E-state index in [2.05, 4.69) is 27.7 Å². The van der Waals surface area contributed by atoms with Crippen LogP contribution in [0.4, 0.5) is 0 Å². The molecule has 0 aromatic rings. The molecule has 0 amide bonds. The van der Waals surface area contributed by atoms with Crippen molar-refractivity contribution in [2.24, 2.45) is 11.8 Å². The average molecular weight is 341 g/mol. The molecule has 0 bridgehead atoms. The summed E-state index contributed by atoms with van der Waals surface area (Å²) in [4.78, 5) is 11.5. The zero-order valence-corrected chi connectivity index (χ0v) is 17.1. The van der Waals surface area contributed by atoms with E-state index in [4.69, 9.17) is 4.74 Å². The van der Waals surface area contributed by atoms with Crippen molar-refractivity contribution >= 4 is 5.97 Å². The minimum Gasteiger partial charge on any atom is -0.466 e. The summed E-state index contributed by atoms with van der Waals surface area (Å²) in [6.45, 7) is 9.63. The first-order valence-electron chi connectivity index (χ1n) is 10.7. The molecule has 2 nitrogen and oxygen atoms in total. The van der Waals surface area contributed by atoms with E-state index >= 15 is 0 Å². The molecule has 0 aromatic heterocycles. The van der Waals surface area contributed by atoms with Crippen molar-refractivity contribution in [3.63, 3.8) is 0 Å². The van der Waals surface area contributed by atoms with E-state index in [1.54, 1.807) is 0 Å². The Kier molecular flexibility index (Phi) is 16.9. The van der Waals surface area contributed by atoms with Gasteiger partial charge in [0.25, 0.3) is 0 Å². The molecule has 0 fully saturated rings. The number of hydrogen-bond donors (Lipinski definition) is 0. The Hall–Kier alpha value is -0.530. The highest BCUT2D eigenvalue weighted by Gasteiger charge is 2.03. The van der Waals surface area contributed by atoms with E-state index < -0.39 is 0 Å². The molecule has 0 rings (SSSR count). The van der Waals surface area contributed by atoms with Gasteiger partial charge in [-0.15, -0.1) is 0 Å². The lowest BCUT2D eigenvalue weighted by Gasteiger charge is -2.06. The number of carbonyl (C=O) groups excluding carboxylic acids is 1. The number of rotatable bonds is 17. The topological polar surface area (TPSA) is 26.3 Å². The first-order chi connectivity index (χ1) is 11.5. The Morgan fingerprint density at radius 1 is 0.625 bits per heavy atom. The Bertz CT molecular complexity index is 271. The lowest BCUT2D eigenvalue weighted by atomic mass is 10.0. The van der Waals surface area contributed by atoms with Crippen LogP contribution in [0, 0.1) is 11.8 Å². The largest absolute Gasteiger partial charge is 0.466 e. The molecule has 2 heteroatoms. The highest BCUT2D eigenvalue weighted by atomic mass is 16.5. The Labute approximate surface area is 152 Å². The summed E-state index contributed by atoms with van der Waals surface area (Å²) >= 11 is 0. The predicted octanol–water partition coefficient (Wildman–Crippen LogP) is 7.30. The SMILES string of the molecule is CC(C)CCCCCCCCCCCCOC(=O)CCCC(C)C. The lowest BCUT2D eigenvalue weighted by Crippen LogP contribution is -2.06. The van der Waals surface area contributed by atoms with E-state index in [9.17, 15) is 4.79 Å². The molecule has 0 aromatic carbocycles. The van der Waals surface area contributed by atoms with Gasteiger partial charge in [-0.25, -0.2) is 0 Å². The minimum absolute atomic E-state index is 0.00637. The van der Waals surface area contributed by atoms with Gasteiger partial charge in [0, 0.05) is 6.42 Å². The quantitative estimate of drug-likeness (QED) is 0.205. The fraction of sp³-hybridized carbons (Fsp3) is 0.955. The summed E-state index contributed by atoms with van der Waals surface area (Å²) < 4.78 is 5.28. The molecule has 0 aliphatic carbocycles. The summed E-state index contributed by atoms with van der Waals surface area (Å²) in [5, 5.41) is 0. The van der Waals surface area contributed by atoms with Crippen LogP contribution in [-0.2, 0) is 9.53 Å². The van der Waals surface area contributed by atoms with Crippen LogP contribution in [0.2, 0.25) is 0 Å². The number of ether oxygens (including phenoxy) is 1. The van der Waals surface area contributed by atoms with Crippen molar-refractivity contribution in [3.8, 4) is 0 Å². The van der Waals surface area contributed by atoms with Crippen LogP contribution in [0.25, 0.3) is 0 Å². The van der Waals surface area contributed by atoms with Crippen LogP contribution >= 0.6 is 0 Å². The van der Waals surface area contributed by atoms with Crippen molar-refractivity contribution in [1.29, 1.82) is 0 Å². The third kappa shape index (κ3) is 19.5. The van der Waals surface area contributed by atoms with E-state index in [0.29, 0.717) is 18.9 Å². The Morgan fingerprint density at radius 2 is 1.04 bits per heavy atom. The fourth-order valence-corrected chi connectivity index (χ4v) is 2.98. The van der Waals surface area contributed by atoms with Crippen LogP contribution in [0.1, 0.15) is 118 Å². The first kappa shape index (κ1) is 23.5. The second-order valence-corrected chi connectivity index (χ2v) is 8.22. The third-order valence-corrected chi connectivity index (χ3v) is 4.60. The molecule has 0 aliphatic heterocycles. The van der Waals surface area contributed by atoms with E-state index in [-0.39, 0.29) is 5.97 Å². The van der Waals surface area contributed by atoms with E-state index in [0.717, 1.165) is 25.2 Å². The molecule has 0 radical (unpaired) electrons. The van der Waals surface area contributed by atoms with Gasteiger partial charge in [0.1, 0.15) is 0 Å². The minimum atomic E-state index is -0.00637. The highest BCUT2D eigenvalue weighted by Crippen LogP contribution is 2.13. The zero-order valence-electron chi connectivity index (χ0n) is 17.1.